The third-order valence-electron chi connectivity index (χ3n) is 4.73. The van der Waals surface area contributed by atoms with E-state index in [0.717, 1.165) is 4.90 Å². The standard InChI is InChI=1S/C22H25ClFNO3S/c1-21(2,3)28-20(26)25-12-10-22(27,11-13-25)18-9-6-16(24)14-19(18)29-17-7-4-15(23)5-8-17/h4-9,14,27H,10-13H2,1-3H3. The SMILES string of the molecule is CC(C)(C)OC(=O)N1CCC(O)(c2ccc(F)cc2Sc2ccc(Cl)cc2)CC1. The number of carbonyl (C=O) groups excluding carboxylic acids is 1. The van der Waals surface area contributed by atoms with Crippen LogP contribution in [-0.4, -0.2) is 34.8 Å². The average Bonchev–Trinajstić information content (AvgIpc) is 2.63. The molecule has 29 heavy (non-hydrogen) atoms. The van der Waals surface area contributed by atoms with Crippen LogP contribution in [0.15, 0.2) is 52.3 Å². The minimum atomic E-state index is -1.14. The monoisotopic (exact) mass is 437 g/mol. The minimum Gasteiger partial charge on any atom is -0.444 e. The maximum absolute atomic E-state index is 13.9. The van der Waals surface area contributed by atoms with Crippen molar-refractivity contribution in [1.82, 2.24) is 4.90 Å². The van der Waals surface area contributed by atoms with Gasteiger partial charge in [0.2, 0.25) is 0 Å². The largest absolute Gasteiger partial charge is 0.444 e. The summed E-state index contributed by atoms with van der Waals surface area (Å²) in [6, 6.07) is 11.7. The van der Waals surface area contributed by atoms with Gasteiger partial charge in [-0.25, -0.2) is 9.18 Å². The van der Waals surface area contributed by atoms with Crippen LogP contribution in [0.4, 0.5) is 9.18 Å². The van der Waals surface area contributed by atoms with Gasteiger partial charge < -0.3 is 14.7 Å². The topological polar surface area (TPSA) is 49.8 Å². The van der Waals surface area contributed by atoms with E-state index < -0.39 is 11.2 Å². The maximum atomic E-state index is 13.9. The molecule has 0 atom stereocenters. The zero-order chi connectivity index (χ0) is 21.2. The van der Waals surface area contributed by atoms with Crippen molar-refractivity contribution < 1.29 is 19.0 Å². The quantitative estimate of drug-likeness (QED) is 0.654. The first-order valence-corrected chi connectivity index (χ1v) is 10.7. The van der Waals surface area contributed by atoms with Crippen LogP contribution in [0.2, 0.25) is 5.02 Å². The van der Waals surface area contributed by atoms with Gasteiger partial charge in [0, 0.05) is 27.9 Å². The summed E-state index contributed by atoms with van der Waals surface area (Å²) < 4.78 is 19.4. The lowest BCUT2D eigenvalue weighted by molar-refractivity contribution is -0.0371. The zero-order valence-electron chi connectivity index (χ0n) is 16.7. The highest BCUT2D eigenvalue weighted by atomic mass is 35.5. The number of carbonyl (C=O) groups is 1. The van der Waals surface area contributed by atoms with E-state index in [9.17, 15) is 14.3 Å². The second kappa shape index (κ2) is 8.54. The molecular weight excluding hydrogens is 413 g/mol. The minimum absolute atomic E-state index is 0.353. The summed E-state index contributed by atoms with van der Waals surface area (Å²) >= 11 is 7.32. The second-order valence-electron chi connectivity index (χ2n) is 8.20. The highest BCUT2D eigenvalue weighted by Gasteiger charge is 2.38. The van der Waals surface area contributed by atoms with Gasteiger partial charge in [-0.3, -0.25) is 0 Å². The predicted molar refractivity (Wildman–Crippen MR) is 113 cm³/mol. The molecule has 156 valence electrons. The average molecular weight is 438 g/mol. The van der Waals surface area contributed by atoms with Crippen LogP contribution in [0, 0.1) is 5.82 Å². The smallest absolute Gasteiger partial charge is 0.410 e. The predicted octanol–water partition coefficient (Wildman–Crippen LogP) is 5.85. The Balaban J connectivity index is 1.78. The van der Waals surface area contributed by atoms with Crippen molar-refractivity contribution in [2.24, 2.45) is 0 Å². The third kappa shape index (κ3) is 5.65. The Morgan fingerprint density at radius 1 is 1.17 bits per heavy atom. The molecule has 0 aliphatic carbocycles. The van der Waals surface area contributed by atoms with Gasteiger partial charge in [-0.05, 0) is 75.6 Å². The molecule has 1 heterocycles. The van der Waals surface area contributed by atoms with Crippen LogP contribution in [0.3, 0.4) is 0 Å². The molecule has 0 bridgehead atoms. The van der Waals surface area contributed by atoms with E-state index in [1.807, 2.05) is 32.9 Å². The molecule has 3 rings (SSSR count). The molecule has 1 N–H and O–H groups in total. The first kappa shape index (κ1) is 21.9. The molecule has 1 amide bonds. The van der Waals surface area contributed by atoms with E-state index in [1.54, 1.807) is 23.1 Å². The molecule has 2 aromatic carbocycles. The molecule has 0 radical (unpaired) electrons. The lowest BCUT2D eigenvalue weighted by atomic mass is 9.84. The van der Waals surface area contributed by atoms with Crippen molar-refractivity contribution in [1.29, 1.82) is 0 Å². The van der Waals surface area contributed by atoms with Crippen LogP contribution in [0.25, 0.3) is 0 Å². The third-order valence-corrected chi connectivity index (χ3v) is 6.05. The second-order valence-corrected chi connectivity index (χ2v) is 9.75. The summed E-state index contributed by atoms with van der Waals surface area (Å²) in [5.74, 6) is -0.361. The number of aliphatic hydroxyl groups is 1. The number of hydrogen-bond donors (Lipinski definition) is 1. The van der Waals surface area contributed by atoms with E-state index in [4.69, 9.17) is 16.3 Å². The van der Waals surface area contributed by atoms with E-state index in [1.165, 1.54) is 23.9 Å². The number of benzene rings is 2. The van der Waals surface area contributed by atoms with Crippen LogP contribution >= 0.6 is 23.4 Å². The Bertz CT molecular complexity index is 875. The highest BCUT2D eigenvalue weighted by Crippen LogP contribution is 2.41. The fourth-order valence-corrected chi connectivity index (χ4v) is 4.44. The van der Waals surface area contributed by atoms with Gasteiger partial charge in [0.25, 0.3) is 0 Å². The van der Waals surface area contributed by atoms with Crippen molar-refractivity contribution in [3.8, 4) is 0 Å². The molecule has 0 aromatic heterocycles. The van der Waals surface area contributed by atoms with Gasteiger partial charge in [-0.15, -0.1) is 0 Å². The first-order chi connectivity index (χ1) is 13.6. The van der Waals surface area contributed by atoms with Gasteiger partial charge in [0.15, 0.2) is 0 Å². The number of halogens is 2. The summed E-state index contributed by atoms with van der Waals surface area (Å²) in [5, 5.41) is 12.0. The molecule has 1 fully saturated rings. The highest BCUT2D eigenvalue weighted by molar-refractivity contribution is 7.99. The molecular formula is C22H25ClFNO3S. The van der Waals surface area contributed by atoms with Gasteiger partial charge in [-0.1, -0.05) is 29.4 Å². The molecule has 1 aliphatic heterocycles. The molecule has 1 aliphatic rings. The summed E-state index contributed by atoms with van der Waals surface area (Å²) in [7, 11) is 0. The van der Waals surface area contributed by atoms with Crippen LogP contribution < -0.4 is 0 Å². The van der Waals surface area contributed by atoms with Crippen molar-refractivity contribution in [2.75, 3.05) is 13.1 Å². The Labute approximate surface area is 180 Å². The Morgan fingerprint density at radius 3 is 2.38 bits per heavy atom. The molecule has 7 heteroatoms. The van der Waals surface area contributed by atoms with Crippen LogP contribution in [0.1, 0.15) is 39.2 Å². The Morgan fingerprint density at radius 2 is 1.79 bits per heavy atom. The lowest BCUT2D eigenvalue weighted by Crippen LogP contribution is -2.47. The van der Waals surface area contributed by atoms with Gasteiger partial charge in [-0.2, -0.15) is 0 Å². The number of amides is 1. The van der Waals surface area contributed by atoms with Crippen LogP contribution in [0.5, 0.6) is 0 Å². The van der Waals surface area contributed by atoms with E-state index in [2.05, 4.69) is 0 Å². The summed E-state index contributed by atoms with van der Waals surface area (Å²) in [5.41, 5.74) is -1.03. The number of rotatable bonds is 3. The molecule has 4 nitrogen and oxygen atoms in total. The maximum Gasteiger partial charge on any atom is 0.410 e. The summed E-state index contributed by atoms with van der Waals surface area (Å²) in [4.78, 5) is 15.5. The summed E-state index contributed by atoms with van der Waals surface area (Å²) in [6.07, 6.45) is 0.326. The number of likely N-dealkylation sites (tertiary alicyclic amines) is 1. The van der Waals surface area contributed by atoms with Crippen molar-refractivity contribution in [3.63, 3.8) is 0 Å². The number of piperidine rings is 1. The van der Waals surface area contributed by atoms with Crippen molar-refractivity contribution in [2.45, 2.75) is 54.6 Å². The van der Waals surface area contributed by atoms with E-state index in [-0.39, 0.29) is 11.9 Å². The Hall–Kier alpha value is -1.76. The van der Waals surface area contributed by atoms with E-state index in [0.29, 0.717) is 41.4 Å². The normalized spacial score (nSPS) is 16.6. The van der Waals surface area contributed by atoms with Gasteiger partial charge in [0.05, 0.1) is 5.60 Å². The lowest BCUT2D eigenvalue weighted by Gasteiger charge is -2.39. The van der Waals surface area contributed by atoms with Crippen molar-refractivity contribution in [3.05, 3.63) is 58.9 Å². The molecule has 0 unspecified atom stereocenters. The molecule has 2 aromatic rings. The van der Waals surface area contributed by atoms with Crippen molar-refractivity contribution >= 4 is 29.5 Å². The zero-order valence-corrected chi connectivity index (χ0v) is 18.3. The number of nitrogens with zero attached hydrogens (tertiary/aromatic N) is 1. The number of ether oxygens (including phenoxy) is 1. The first-order valence-electron chi connectivity index (χ1n) is 9.49. The van der Waals surface area contributed by atoms with Gasteiger partial charge >= 0.3 is 6.09 Å². The van der Waals surface area contributed by atoms with E-state index >= 15 is 0 Å². The number of hydrogen-bond acceptors (Lipinski definition) is 4. The van der Waals surface area contributed by atoms with Crippen LogP contribution in [-0.2, 0) is 10.3 Å². The summed E-state index contributed by atoms with van der Waals surface area (Å²) in [6.45, 7) is 6.21. The van der Waals surface area contributed by atoms with Gasteiger partial charge in [0.1, 0.15) is 11.4 Å². The fraction of sp³-hybridized carbons (Fsp3) is 0.409. The molecule has 1 saturated heterocycles. The Kier molecular flexibility index (Phi) is 6.46. The fourth-order valence-electron chi connectivity index (χ4n) is 3.25. The molecule has 0 saturated carbocycles. The molecule has 0 spiro atoms.